The average Bonchev–Trinajstić information content (AvgIpc) is 3.28. The molecule has 27 heavy (non-hydrogen) atoms. The van der Waals surface area contributed by atoms with Gasteiger partial charge in [-0.25, -0.2) is 0 Å². The summed E-state index contributed by atoms with van der Waals surface area (Å²) in [4.78, 5) is 15.0. The van der Waals surface area contributed by atoms with Gasteiger partial charge in [-0.3, -0.25) is 4.79 Å². The van der Waals surface area contributed by atoms with Gasteiger partial charge in [-0.2, -0.15) is 0 Å². The SMILES string of the molecule is O=C(c1cccc(-n2cccc2)c1)N1CCCC(COc2ccccc2)C1. The van der Waals surface area contributed by atoms with Crippen LogP contribution < -0.4 is 4.74 Å². The molecule has 4 nitrogen and oxygen atoms in total. The average molecular weight is 360 g/mol. The third-order valence-corrected chi connectivity index (χ3v) is 5.03. The molecule has 1 unspecified atom stereocenters. The lowest BCUT2D eigenvalue weighted by molar-refractivity contribution is 0.0633. The molecule has 1 atom stereocenters. The molecule has 0 bridgehead atoms. The zero-order valence-corrected chi connectivity index (χ0v) is 15.3. The molecular formula is C23H24N2O2. The van der Waals surface area contributed by atoms with Crippen LogP contribution in [0.5, 0.6) is 5.75 Å². The molecule has 1 aliphatic rings. The highest BCUT2D eigenvalue weighted by molar-refractivity contribution is 5.94. The Balaban J connectivity index is 1.40. The van der Waals surface area contributed by atoms with Gasteiger partial charge < -0.3 is 14.2 Å². The summed E-state index contributed by atoms with van der Waals surface area (Å²) in [6, 6.07) is 21.7. The smallest absolute Gasteiger partial charge is 0.253 e. The van der Waals surface area contributed by atoms with Crippen molar-refractivity contribution in [2.24, 2.45) is 5.92 Å². The topological polar surface area (TPSA) is 34.5 Å². The highest BCUT2D eigenvalue weighted by Crippen LogP contribution is 2.21. The number of ether oxygens (including phenoxy) is 1. The summed E-state index contributed by atoms with van der Waals surface area (Å²) in [5, 5.41) is 0. The third-order valence-electron chi connectivity index (χ3n) is 5.03. The van der Waals surface area contributed by atoms with E-state index in [1.807, 2.05) is 88.6 Å². The Labute approximate surface area is 160 Å². The van der Waals surface area contributed by atoms with E-state index in [4.69, 9.17) is 4.74 Å². The Morgan fingerprint density at radius 1 is 1.00 bits per heavy atom. The van der Waals surface area contributed by atoms with Crippen LogP contribution in [-0.4, -0.2) is 35.1 Å². The number of aromatic nitrogens is 1. The molecule has 4 rings (SSSR count). The van der Waals surface area contributed by atoms with Crippen molar-refractivity contribution in [3.05, 3.63) is 84.7 Å². The number of benzene rings is 2. The van der Waals surface area contributed by atoms with Crippen LogP contribution in [-0.2, 0) is 0 Å². The number of carbonyl (C=O) groups is 1. The van der Waals surface area contributed by atoms with E-state index in [9.17, 15) is 4.79 Å². The Morgan fingerprint density at radius 3 is 2.63 bits per heavy atom. The molecule has 2 aromatic carbocycles. The van der Waals surface area contributed by atoms with Gasteiger partial charge >= 0.3 is 0 Å². The number of hydrogen-bond donors (Lipinski definition) is 0. The van der Waals surface area contributed by atoms with E-state index in [1.54, 1.807) is 0 Å². The molecule has 4 heteroatoms. The Morgan fingerprint density at radius 2 is 1.81 bits per heavy atom. The van der Waals surface area contributed by atoms with E-state index >= 15 is 0 Å². The summed E-state index contributed by atoms with van der Waals surface area (Å²) in [6.07, 6.45) is 6.09. The lowest BCUT2D eigenvalue weighted by Gasteiger charge is -2.32. The van der Waals surface area contributed by atoms with Crippen LogP contribution in [0.4, 0.5) is 0 Å². The van der Waals surface area contributed by atoms with E-state index in [1.165, 1.54) is 0 Å². The molecule has 0 spiro atoms. The molecule has 0 aliphatic carbocycles. The van der Waals surface area contributed by atoms with E-state index < -0.39 is 0 Å². The molecular weight excluding hydrogens is 336 g/mol. The summed E-state index contributed by atoms with van der Waals surface area (Å²) in [5.41, 5.74) is 1.75. The van der Waals surface area contributed by atoms with E-state index in [-0.39, 0.29) is 5.91 Å². The largest absolute Gasteiger partial charge is 0.493 e. The Kier molecular flexibility index (Phi) is 5.24. The van der Waals surface area contributed by atoms with Crippen molar-refractivity contribution in [3.63, 3.8) is 0 Å². The molecule has 0 radical (unpaired) electrons. The number of nitrogens with zero attached hydrogens (tertiary/aromatic N) is 2. The van der Waals surface area contributed by atoms with Crippen LogP contribution in [0.3, 0.4) is 0 Å². The van der Waals surface area contributed by atoms with Crippen molar-refractivity contribution in [3.8, 4) is 11.4 Å². The minimum absolute atomic E-state index is 0.105. The Hall–Kier alpha value is -3.01. The third kappa shape index (κ3) is 4.22. The van der Waals surface area contributed by atoms with Crippen molar-refractivity contribution in [2.45, 2.75) is 12.8 Å². The van der Waals surface area contributed by atoms with Gasteiger partial charge in [0.05, 0.1) is 6.61 Å². The molecule has 1 fully saturated rings. The van der Waals surface area contributed by atoms with E-state index in [2.05, 4.69) is 0 Å². The molecule has 2 heterocycles. The van der Waals surface area contributed by atoms with Gasteiger partial charge in [0, 0.05) is 42.7 Å². The van der Waals surface area contributed by atoms with Crippen LogP contribution in [0, 0.1) is 5.92 Å². The van der Waals surface area contributed by atoms with Crippen LogP contribution in [0.1, 0.15) is 23.2 Å². The van der Waals surface area contributed by atoms with Gasteiger partial charge in [-0.15, -0.1) is 0 Å². The van der Waals surface area contributed by atoms with Crippen LogP contribution >= 0.6 is 0 Å². The number of piperidine rings is 1. The summed E-state index contributed by atoms with van der Waals surface area (Å²) in [5.74, 6) is 1.37. The zero-order chi connectivity index (χ0) is 18.5. The van der Waals surface area contributed by atoms with Crippen molar-refractivity contribution in [1.29, 1.82) is 0 Å². The predicted octanol–water partition coefficient (Wildman–Crippen LogP) is 4.41. The lowest BCUT2D eigenvalue weighted by atomic mass is 9.98. The first kappa shape index (κ1) is 17.4. The van der Waals surface area contributed by atoms with Gasteiger partial charge in [0.15, 0.2) is 0 Å². The molecule has 3 aromatic rings. The van der Waals surface area contributed by atoms with Crippen molar-refractivity contribution in [2.75, 3.05) is 19.7 Å². The number of rotatable bonds is 5. The van der Waals surface area contributed by atoms with Gasteiger partial charge in [-0.1, -0.05) is 24.3 Å². The standard InChI is InChI=1S/C23H24N2O2/c26-23(20-9-6-10-21(16-20)24-13-4-5-14-24)25-15-7-8-19(17-25)18-27-22-11-2-1-3-12-22/h1-6,9-14,16,19H,7-8,15,17-18H2. The second-order valence-electron chi connectivity index (χ2n) is 7.02. The minimum Gasteiger partial charge on any atom is -0.493 e. The van der Waals surface area contributed by atoms with Gasteiger partial charge in [0.25, 0.3) is 5.91 Å². The molecule has 1 amide bonds. The van der Waals surface area contributed by atoms with Crippen LogP contribution in [0.2, 0.25) is 0 Å². The molecule has 1 aliphatic heterocycles. The lowest BCUT2D eigenvalue weighted by Crippen LogP contribution is -2.41. The molecule has 1 saturated heterocycles. The van der Waals surface area contributed by atoms with E-state index in [0.717, 1.165) is 42.9 Å². The second kappa shape index (κ2) is 8.12. The normalized spacial score (nSPS) is 16.9. The number of hydrogen-bond acceptors (Lipinski definition) is 2. The number of amides is 1. The first-order valence-electron chi connectivity index (χ1n) is 9.50. The Bertz CT molecular complexity index is 874. The first-order valence-corrected chi connectivity index (χ1v) is 9.50. The number of para-hydroxylation sites is 1. The monoisotopic (exact) mass is 360 g/mol. The summed E-state index contributed by atoms with van der Waals surface area (Å²) in [6.45, 7) is 2.21. The maximum Gasteiger partial charge on any atom is 0.253 e. The molecule has 1 aromatic heterocycles. The van der Waals surface area contributed by atoms with Crippen LogP contribution in [0.15, 0.2) is 79.1 Å². The fourth-order valence-corrected chi connectivity index (χ4v) is 3.61. The number of carbonyl (C=O) groups excluding carboxylic acids is 1. The predicted molar refractivity (Wildman–Crippen MR) is 106 cm³/mol. The summed E-state index contributed by atoms with van der Waals surface area (Å²) < 4.78 is 7.92. The fourth-order valence-electron chi connectivity index (χ4n) is 3.61. The quantitative estimate of drug-likeness (QED) is 0.675. The van der Waals surface area contributed by atoms with E-state index in [0.29, 0.717) is 12.5 Å². The van der Waals surface area contributed by atoms with Gasteiger partial charge in [0.2, 0.25) is 0 Å². The summed E-state index contributed by atoms with van der Waals surface area (Å²) >= 11 is 0. The minimum atomic E-state index is 0.105. The fraction of sp³-hybridized carbons (Fsp3) is 0.261. The van der Waals surface area contributed by atoms with Crippen molar-refractivity contribution < 1.29 is 9.53 Å². The number of likely N-dealkylation sites (tertiary alicyclic amines) is 1. The summed E-state index contributed by atoms with van der Waals surface area (Å²) in [7, 11) is 0. The molecule has 0 saturated carbocycles. The van der Waals surface area contributed by atoms with Crippen molar-refractivity contribution >= 4 is 5.91 Å². The van der Waals surface area contributed by atoms with Gasteiger partial charge in [-0.05, 0) is 55.3 Å². The molecule has 0 N–H and O–H groups in total. The van der Waals surface area contributed by atoms with Crippen molar-refractivity contribution in [1.82, 2.24) is 9.47 Å². The van der Waals surface area contributed by atoms with Crippen LogP contribution in [0.25, 0.3) is 5.69 Å². The highest BCUT2D eigenvalue weighted by atomic mass is 16.5. The zero-order valence-electron chi connectivity index (χ0n) is 15.3. The second-order valence-corrected chi connectivity index (χ2v) is 7.02. The highest BCUT2D eigenvalue weighted by Gasteiger charge is 2.25. The first-order chi connectivity index (χ1) is 13.3. The molecule has 138 valence electrons. The van der Waals surface area contributed by atoms with Gasteiger partial charge in [0.1, 0.15) is 5.75 Å². The maximum absolute atomic E-state index is 13.0. The maximum atomic E-state index is 13.0.